The Balaban J connectivity index is 5.83. The van der Waals surface area contributed by atoms with Crippen LogP contribution in [0.3, 0.4) is 0 Å². The summed E-state index contributed by atoms with van der Waals surface area (Å²) < 4.78 is 31.6. The van der Waals surface area contributed by atoms with Crippen LogP contribution in [0.5, 0.6) is 0 Å². The number of nitrogens with zero attached hydrogens (tertiary/aromatic N) is 1. The van der Waals surface area contributed by atoms with E-state index in [4.69, 9.17) is 9.66 Å². The zero-order chi connectivity index (χ0) is 14.7. The number of carbonyl (C=O) groups is 2. The first-order valence-electron chi connectivity index (χ1n) is 4.88. The summed E-state index contributed by atoms with van der Waals surface area (Å²) in [5.41, 5.74) is -0.753. The number of rotatable bonds is 6. The van der Waals surface area contributed by atoms with Gasteiger partial charge in [-0.05, 0) is 12.0 Å². The van der Waals surface area contributed by atoms with E-state index >= 15 is 0 Å². The minimum Gasteiger partial charge on any atom is -0.477 e. The van der Waals surface area contributed by atoms with Gasteiger partial charge >= 0.3 is 5.97 Å². The van der Waals surface area contributed by atoms with Crippen molar-refractivity contribution in [2.24, 2.45) is 5.92 Å². The number of aliphatic carboxylic acids is 1. The second kappa shape index (κ2) is 5.78. The molecule has 0 aromatic heterocycles. The van der Waals surface area contributed by atoms with Gasteiger partial charge in [-0.3, -0.25) is 14.2 Å². The Hall–Kier alpha value is -1.67. The van der Waals surface area contributed by atoms with Crippen LogP contribution in [0.15, 0.2) is 24.9 Å². The van der Waals surface area contributed by atoms with Crippen molar-refractivity contribution in [1.82, 2.24) is 4.90 Å². The molecular formula is C10H15NO6S. The number of carbonyl (C=O) groups excluding carboxylic acids is 1. The van der Waals surface area contributed by atoms with Gasteiger partial charge in [0.1, 0.15) is 5.70 Å². The molecule has 1 amide bonds. The number of hydrogen-bond acceptors (Lipinski definition) is 4. The lowest BCUT2D eigenvalue weighted by atomic mass is 10.2. The molecule has 0 rings (SSSR count). The molecule has 1 atom stereocenters. The molecule has 0 aliphatic carbocycles. The summed E-state index contributed by atoms with van der Waals surface area (Å²) >= 11 is 0. The van der Waals surface area contributed by atoms with Crippen molar-refractivity contribution in [3.63, 3.8) is 0 Å². The van der Waals surface area contributed by atoms with Crippen LogP contribution in [-0.2, 0) is 19.7 Å². The summed E-state index contributed by atoms with van der Waals surface area (Å²) in [6, 6.07) is 0. The fourth-order valence-electron chi connectivity index (χ4n) is 1.39. The van der Waals surface area contributed by atoms with Crippen LogP contribution in [0.1, 0.15) is 13.8 Å². The van der Waals surface area contributed by atoms with Crippen LogP contribution in [0.4, 0.5) is 0 Å². The molecule has 2 N–H and O–H groups in total. The molecular weight excluding hydrogens is 262 g/mol. The minimum atomic E-state index is -4.66. The second-order valence-electron chi connectivity index (χ2n) is 3.81. The fraction of sp³-hybridized carbons (Fsp3) is 0.400. The zero-order valence-electron chi connectivity index (χ0n) is 10.0. The van der Waals surface area contributed by atoms with Gasteiger partial charge in [0.25, 0.3) is 16.0 Å². The van der Waals surface area contributed by atoms with E-state index < -0.39 is 39.0 Å². The Morgan fingerprint density at radius 1 is 1.33 bits per heavy atom. The topological polar surface area (TPSA) is 112 Å². The lowest BCUT2D eigenvalue weighted by Crippen LogP contribution is -2.47. The normalized spacial score (nSPS) is 12.9. The third-order valence-corrected chi connectivity index (χ3v) is 3.45. The quantitative estimate of drug-likeness (QED) is 0.539. The van der Waals surface area contributed by atoms with E-state index in [0.29, 0.717) is 4.90 Å². The lowest BCUT2D eigenvalue weighted by Gasteiger charge is -2.30. The summed E-state index contributed by atoms with van der Waals surface area (Å²) in [7, 11) is -4.66. The maximum Gasteiger partial charge on any atom is 0.352 e. The van der Waals surface area contributed by atoms with Gasteiger partial charge in [-0.25, -0.2) is 4.79 Å². The van der Waals surface area contributed by atoms with E-state index in [2.05, 4.69) is 13.2 Å². The smallest absolute Gasteiger partial charge is 0.352 e. The molecule has 0 aliphatic heterocycles. The standard InChI is InChI=1S/C10H15NO6S/c1-5-8(12)11(7(4)10(13)14)9(6(2)3)18(15,16)17/h5-6,9H,1,4H2,2-3H3,(H,13,14)(H,15,16,17). The van der Waals surface area contributed by atoms with E-state index in [1.165, 1.54) is 13.8 Å². The summed E-state index contributed by atoms with van der Waals surface area (Å²) in [4.78, 5) is 22.8. The molecule has 0 spiro atoms. The predicted octanol–water partition coefficient (Wildman–Crippen LogP) is 0.469. The van der Waals surface area contributed by atoms with Crippen LogP contribution >= 0.6 is 0 Å². The largest absolute Gasteiger partial charge is 0.477 e. The molecule has 0 radical (unpaired) electrons. The first kappa shape index (κ1) is 16.3. The van der Waals surface area contributed by atoms with Crippen LogP contribution in [0.2, 0.25) is 0 Å². The summed E-state index contributed by atoms with van der Waals surface area (Å²) in [5, 5.41) is 7.06. The second-order valence-corrected chi connectivity index (χ2v) is 5.33. The zero-order valence-corrected chi connectivity index (χ0v) is 10.8. The van der Waals surface area contributed by atoms with Gasteiger partial charge in [-0.15, -0.1) is 0 Å². The van der Waals surface area contributed by atoms with Crippen molar-refractivity contribution in [2.45, 2.75) is 19.2 Å². The Kier molecular flexibility index (Phi) is 5.25. The molecule has 0 aromatic rings. The van der Waals surface area contributed by atoms with Crippen LogP contribution in [0, 0.1) is 5.92 Å². The van der Waals surface area contributed by atoms with E-state index in [1.54, 1.807) is 0 Å². The Morgan fingerprint density at radius 3 is 2.00 bits per heavy atom. The highest BCUT2D eigenvalue weighted by atomic mass is 32.2. The molecule has 1 unspecified atom stereocenters. The highest BCUT2D eigenvalue weighted by Gasteiger charge is 2.38. The molecule has 0 saturated heterocycles. The SMILES string of the molecule is C=CC(=O)N(C(=C)C(=O)O)C(C(C)C)S(=O)(=O)O. The van der Waals surface area contributed by atoms with Gasteiger partial charge in [-0.2, -0.15) is 8.42 Å². The maximum atomic E-state index is 11.6. The molecule has 0 fully saturated rings. The number of carboxylic acids is 1. The highest BCUT2D eigenvalue weighted by molar-refractivity contribution is 7.86. The van der Waals surface area contributed by atoms with Crippen LogP contribution < -0.4 is 0 Å². The molecule has 8 heteroatoms. The van der Waals surface area contributed by atoms with E-state index in [1.807, 2.05) is 0 Å². The summed E-state index contributed by atoms with van der Waals surface area (Å²) in [6.45, 7) is 9.10. The Morgan fingerprint density at radius 2 is 1.78 bits per heavy atom. The van der Waals surface area contributed by atoms with Gasteiger partial charge in [0.2, 0.25) is 0 Å². The number of carboxylic acid groups (broad SMARTS) is 1. The average molecular weight is 277 g/mol. The van der Waals surface area contributed by atoms with Gasteiger partial charge in [0, 0.05) is 0 Å². The van der Waals surface area contributed by atoms with Crippen molar-refractivity contribution in [1.29, 1.82) is 0 Å². The predicted molar refractivity (Wildman–Crippen MR) is 64.0 cm³/mol. The first-order valence-corrected chi connectivity index (χ1v) is 6.38. The molecule has 0 saturated carbocycles. The monoisotopic (exact) mass is 277 g/mol. The third-order valence-electron chi connectivity index (χ3n) is 2.08. The van der Waals surface area contributed by atoms with Gasteiger partial charge in [0.05, 0.1) is 0 Å². The Bertz CT molecular complexity index is 479. The van der Waals surface area contributed by atoms with Crippen molar-refractivity contribution >= 4 is 22.0 Å². The lowest BCUT2D eigenvalue weighted by molar-refractivity contribution is -0.138. The minimum absolute atomic E-state index is 0.398. The fourth-order valence-corrected chi connectivity index (χ4v) is 2.57. The molecule has 0 heterocycles. The molecule has 0 bridgehead atoms. The molecule has 0 aliphatic rings. The summed E-state index contributed by atoms with van der Waals surface area (Å²) in [6.07, 6.45) is 0.745. The number of hydrogen-bond donors (Lipinski definition) is 2. The van der Waals surface area contributed by atoms with Crippen molar-refractivity contribution in [2.75, 3.05) is 0 Å². The van der Waals surface area contributed by atoms with Crippen molar-refractivity contribution in [3.05, 3.63) is 24.9 Å². The maximum absolute atomic E-state index is 11.6. The van der Waals surface area contributed by atoms with E-state index in [9.17, 15) is 18.0 Å². The number of amides is 1. The van der Waals surface area contributed by atoms with Gasteiger partial charge in [-0.1, -0.05) is 27.0 Å². The molecule has 0 aromatic carbocycles. The summed E-state index contributed by atoms with van der Waals surface area (Å²) in [5.74, 6) is -3.28. The van der Waals surface area contributed by atoms with Crippen LogP contribution in [0.25, 0.3) is 0 Å². The van der Waals surface area contributed by atoms with Gasteiger partial charge in [0.15, 0.2) is 5.37 Å². The molecule has 102 valence electrons. The van der Waals surface area contributed by atoms with Crippen LogP contribution in [-0.4, -0.2) is 40.2 Å². The highest BCUT2D eigenvalue weighted by Crippen LogP contribution is 2.21. The molecule has 7 nitrogen and oxygen atoms in total. The third kappa shape index (κ3) is 3.67. The van der Waals surface area contributed by atoms with Crippen molar-refractivity contribution < 1.29 is 27.7 Å². The first-order chi connectivity index (χ1) is 8.03. The van der Waals surface area contributed by atoms with Crippen molar-refractivity contribution in [3.8, 4) is 0 Å². The molecule has 18 heavy (non-hydrogen) atoms. The van der Waals surface area contributed by atoms with E-state index in [0.717, 1.165) is 6.08 Å². The van der Waals surface area contributed by atoms with Gasteiger partial charge < -0.3 is 5.11 Å². The Labute approximate surface area is 105 Å². The average Bonchev–Trinajstić information content (AvgIpc) is 2.20. The van der Waals surface area contributed by atoms with E-state index in [-0.39, 0.29) is 0 Å².